The summed E-state index contributed by atoms with van der Waals surface area (Å²) in [5.74, 6) is 1.18. The Balaban J connectivity index is 1.46. The highest BCUT2D eigenvalue weighted by molar-refractivity contribution is 7.89. The normalized spacial score (nSPS) is 15.2. The minimum Gasteiger partial charge on any atom is -0.459 e. The zero-order valence-corrected chi connectivity index (χ0v) is 19.2. The lowest BCUT2D eigenvalue weighted by atomic mass is 10.2. The van der Waals surface area contributed by atoms with E-state index in [0.29, 0.717) is 34.4 Å². The first-order valence-corrected chi connectivity index (χ1v) is 12.5. The van der Waals surface area contributed by atoms with E-state index in [1.807, 2.05) is 25.1 Å². The number of hydrogen-bond donors (Lipinski definition) is 1. The number of hydrogen-bond acceptors (Lipinski definition) is 6. The summed E-state index contributed by atoms with van der Waals surface area (Å²) in [5.41, 5.74) is 1.36. The molecule has 1 amide bonds. The van der Waals surface area contributed by atoms with Crippen molar-refractivity contribution in [2.75, 3.05) is 13.1 Å². The molecule has 0 bridgehead atoms. The predicted molar refractivity (Wildman–Crippen MR) is 120 cm³/mol. The molecule has 0 atom stereocenters. The number of carbonyl (C=O) groups is 1. The second-order valence-electron chi connectivity index (χ2n) is 7.64. The quantitative estimate of drug-likeness (QED) is 0.598. The fraction of sp³-hybridized carbons (Fsp3) is 0.364. The fourth-order valence-corrected chi connectivity index (χ4v) is 6.13. The maximum Gasteiger partial charge on any atom is 0.263 e. The Hall–Kier alpha value is -2.49. The lowest BCUT2D eigenvalue weighted by molar-refractivity contribution is 0.0954. The molecule has 1 aromatic carbocycles. The molecule has 3 aromatic rings. The Morgan fingerprint density at radius 2 is 1.94 bits per heavy atom. The predicted octanol–water partition coefficient (Wildman–Crippen LogP) is 4.12. The van der Waals surface area contributed by atoms with Gasteiger partial charge in [0.25, 0.3) is 5.91 Å². The number of benzene rings is 1. The Morgan fingerprint density at radius 1 is 1.16 bits per heavy atom. The molecule has 3 heterocycles. The first-order valence-electron chi connectivity index (χ1n) is 10.3. The minimum absolute atomic E-state index is 0.231. The van der Waals surface area contributed by atoms with Crippen LogP contribution in [-0.2, 0) is 16.6 Å². The zero-order valence-electron chi connectivity index (χ0n) is 17.6. The number of aromatic nitrogens is 1. The highest BCUT2D eigenvalue weighted by Gasteiger charge is 2.26. The number of furan rings is 1. The van der Waals surface area contributed by atoms with Crippen LogP contribution in [0.5, 0.6) is 0 Å². The average molecular weight is 460 g/mol. The summed E-state index contributed by atoms with van der Waals surface area (Å²) in [4.78, 5) is 18.0. The van der Waals surface area contributed by atoms with E-state index in [0.717, 1.165) is 30.6 Å². The van der Waals surface area contributed by atoms with Crippen molar-refractivity contribution >= 4 is 27.3 Å². The van der Waals surface area contributed by atoms with Crippen LogP contribution in [0.25, 0.3) is 10.8 Å². The smallest absolute Gasteiger partial charge is 0.263 e. The molecule has 0 radical (unpaired) electrons. The van der Waals surface area contributed by atoms with Crippen LogP contribution in [0.4, 0.5) is 0 Å². The van der Waals surface area contributed by atoms with Crippen LogP contribution >= 0.6 is 11.3 Å². The molecule has 0 saturated carbocycles. The van der Waals surface area contributed by atoms with Crippen molar-refractivity contribution in [1.29, 1.82) is 0 Å². The second kappa shape index (κ2) is 8.94. The van der Waals surface area contributed by atoms with Gasteiger partial charge in [-0.05, 0) is 56.5 Å². The monoisotopic (exact) mass is 459 g/mol. The summed E-state index contributed by atoms with van der Waals surface area (Å²) in [5, 5.41) is 3.53. The number of nitrogens with zero attached hydrogens (tertiary/aromatic N) is 2. The molecule has 1 fully saturated rings. The Labute approximate surface area is 186 Å². The van der Waals surface area contributed by atoms with E-state index < -0.39 is 10.0 Å². The van der Waals surface area contributed by atoms with Crippen molar-refractivity contribution in [2.45, 2.75) is 44.6 Å². The summed E-state index contributed by atoms with van der Waals surface area (Å²) >= 11 is 1.28. The maximum atomic E-state index is 12.9. The van der Waals surface area contributed by atoms with Crippen LogP contribution in [0.1, 0.15) is 46.0 Å². The minimum atomic E-state index is -3.51. The van der Waals surface area contributed by atoms with Crippen molar-refractivity contribution in [3.8, 4) is 10.8 Å². The van der Waals surface area contributed by atoms with Gasteiger partial charge in [-0.3, -0.25) is 4.79 Å². The molecule has 1 aliphatic rings. The molecule has 2 aromatic heterocycles. The molecule has 1 N–H and O–H groups in total. The molecule has 0 unspecified atom stereocenters. The van der Waals surface area contributed by atoms with E-state index in [1.165, 1.54) is 11.3 Å². The molecule has 9 heteroatoms. The fourth-order valence-electron chi connectivity index (χ4n) is 3.59. The lowest BCUT2D eigenvalue weighted by Gasteiger charge is -2.26. The van der Waals surface area contributed by atoms with Crippen LogP contribution in [0, 0.1) is 13.8 Å². The van der Waals surface area contributed by atoms with Gasteiger partial charge in [-0.15, -0.1) is 11.3 Å². The molecule has 4 rings (SSSR count). The third-order valence-corrected chi connectivity index (χ3v) is 8.32. The molecule has 164 valence electrons. The number of carbonyl (C=O) groups excluding carboxylic acids is 1. The van der Waals surface area contributed by atoms with Gasteiger partial charge < -0.3 is 9.73 Å². The summed E-state index contributed by atoms with van der Waals surface area (Å²) < 4.78 is 33.0. The number of thiazole rings is 1. The van der Waals surface area contributed by atoms with E-state index in [1.54, 1.807) is 29.4 Å². The molecule has 1 saturated heterocycles. The summed E-state index contributed by atoms with van der Waals surface area (Å²) in [6.45, 7) is 5.00. The van der Waals surface area contributed by atoms with Gasteiger partial charge in [0.2, 0.25) is 10.0 Å². The van der Waals surface area contributed by atoms with E-state index in [4.69, 9.17) is 4.42 Å². The average Bonchev–Trinajstić information content (AvgIpc) is 3.38. The van der Waals surface area contributed by atoms with Gasteiger partial charge in [0.05, 0.1) is 10.6 Å². The number of piperidine rings is 1. The zero-order chi connectivity index (χ0) is 22.0. The Bertz CT molecular complexity index is 1190. The first-order chi connectivity index (χ1) is 14.8. The van der Waals surface area contributed by atoms with E-state index in [9.17, 15) is 13.2 Å². The number of aryl methyl sites for hydroxylation is 2. The largest absolute Gasteiger partial charge is 0.459 e. The molecule has 0 spiro atoms. The van der Waals surface area contributed by atoms with Crippen LogP contribution < -0.4 is 5.32 Å². The molecular formula is C22H25N3O4S2. The third kappa shape index (κ3) is 4.73. The van der Waals surface area contributed by atoms with E-state index in [2.05, 4.69) is 10.3 Å². The van der Waals surface area contributed by atoms with Crippen LogP contribution in [0.3, 0.4) is 0 Å². The summed E-state index contributed by atoms with van der Waals surface area (Å²) in [6, 6.07) is 10.5. The van der Waals surface area contributed by atoms with Gasteiger partial charge in [0, 0.05) is 19.6 Å². The molecule has 1 aliphatic heterocycles. The summed E-state index contributed by atoms with van der Waals surface area (Å²) in [6.07, 6.45) is 2.85. The van der Waals surface area contributed by atoms with Crippen LogP contribution in [0.2, 0.25) is 0 Å². The topological polar surface area (TPSA) is 92.5 Å². The molecule has 0 aliphatic carbocycles. The van der Waals surface area contributed by atoms with Gasteiger partial charge in [-0.2, -0.15) is 4.31 Å². The van der Waals surface area contributed by atoms with Crippen LogP contribution in [0.15, 0.2) is 45.7 Å². The molecule has 31 heavy (non-hydrogen) atoms. The van der Waals surface area contributed by atoms with E-state index in [-0.39, 0.29) is 17.3 Å². The van der Waals surface area contributed by atoms with Crippen molar-refractivity contribution in [2.24, 2.45) is 0 Å². The van der Waals surface area contributed by atoms with E-state index >= 15 is 0 Å². The Kier molecular flexibility index (Phi) is 6.27. The van der Waals surface area contributed by atoms with Crippen LogP contribution in [-0.4, -0.2) is 36.7 Å². The highest BCUT2D eigenvalue weighted by Crippen LogP contribution is 2.29. The summed E-state index contributed by atoms with van der Waals surface area (Å²) in [7, 11) is -3.51. The highest BCUT2D eigenvalue weighted by atomic mass is 32.2. The van der Waals surface area contributed by atoms with Crippen molar-refractivity contribution in [1.82, 2.24) is 14.6 Å². The first kappa shape index (κ1) is 21.7. The number of sulfonamides is 1. The SMILES string of the molecule is Cc1ccc(-c2nc(C)c(C(=O)NCc3cccc(S(=O)(=O)N4CCCCC4)c3)s2)o1. The second-order valence-corrected chi connectivity index (χ2v) is 10.6. The van der Waals surface area contributed by atoms with Gasteiger partial charge in [-0.1, -0.05) is 18.6 Å². The third-order valence-electron chi connectivity index (χ3n) is 5.26. The van der Waals surface area contributed by atoms with Gasteiger partial charge >= 0.3 is 0 Å². The van der Waals surface area contributed by atoms with Crippen molar-refractivity contribution in [3.05, 3.63) is 58.3 Å². The standard InChI is InChI=1S/C22H25N3O4S2/c1-15-9-10-19(29-15)22-24-16(2)20(30-22)21(26)23-14-17-7-6-8-18(13-17)31(27,28)25-11-4-3-5-12-25/h6-10,13H,3-5,11-12,14H2,1-2H3,(H,23,26). The van der Waals surface area contributed by atoms with Gasteiger partial charge in [0.15, 0.2) is 10.8 Å². The van der Waals surface area contributed by atoms with Gasteiger partial charge in [0.1, 0.15) is 10.6 Å². The molecule has 7 nitrogen and oxygen atoms in total. The number of rotatable bonds is 6. The van der Waals surface area contributed by atoms with Crippen molar-refractivity contribution in [3.63, 3.8) is 0 Å². The molecular weight excluding hydrogens is 434 g/mol. The number of amides is 1. The number of nitrogens with one attached hydrogen (secondary N) is 1. The van der Waals surface area contributed by atoms with Gasteiger partial charge in [-0.25, -0.2) is 13.4 Å². The Morgan fingerprint density at radius 3 is 2.65 bits per heavy atom. The maximum absolute atomic E-state index is 12.9. The van der Waals surface area contributed by atoms with Crippen molar-refractivity contribution < 1.29 is 17.6 Å². The lowest BCUT2D eigenvalue weighted by Crippen LogP contribution is -2.35.